The van der Waals surface area contributed by atoms with Crippen molar-refractivity contribution in [1.82, 2.24) is 0 Å². The Labute approximate surface area is 106 Å². The Balaban J connectivity index is 0. The van der Waals surface area contributed by atoms with Crippen molar-refractivity contribution >= 4 is 17.8 Å². The number of hydrogen-bond acceptors (Lipinski definition) is 6. The van der Waals surface area contributed by atoms with Gasteiger partial charge in [-0.25, -0.2) is 4.79 Å². The van der Waals surface area contributed by atoms with Crippen LogP contribution in [-0.4, -0.2) is 41.8 Å². The van der Waals surface area contributed by atoms with Crippen LogP contribution in [0.3, 0.4) is 0 Å². The van der Waals surface area contributed by atoms with E-state index in [1.807, 2.05) is 0 Å². The smallest absolute Gasteiger partial charge is 0.335 e. The number of primary amides is 1. The maximum atomic E-state index is 11.0. The minimum Gasteiger partial charge on any atom is -0.460 e. The Kier molecular flexibility index (Phi) is 10.9. The molecule has 0 aromatic carbocycles. The molecule has 106 valence electrons. The molecule has 7 heteroatoms. The predicted octanol–water partition coefficient (Wildman–Crippen LogP) is -0.256. The number of nitrogens with two attached hydrogens (primary N) is 1. The number of ether oxygens (including phenoxy) is 2. The summed E-state index contributed by atoms with van der Waals surface area (Å²) >= 11 is 0. The third-order valence-electron chi connectivity index (χ3n) is 1.49. The molecular formula is C11H21NO6. The van der Waals surface area contributed by atoms with Crippen LogP contribution in [0.25, 0.3) is 0 Å². The Morgan fingerprint density at radius 1 is 1.28 bits per heavy atom. The quantitative estimate of drug-likeness (QED) is 0.660. The minimum atomic E-state index is -1.10. The molecule has 0 rings (SSSR count). The van der Waals surface area contributed by atoms with Gasteiger partial charge in [-0.15, -0.1) is 0 Å². The molecule has 0 radical (unpaired) electrons. The summed E-state index contributed by atoms with van der Waals surface area (Å²) in [7, 11) is 0. The fraction of sp³-hybridized carbons (Fsp3) is 0.727. The van der Waals surface area contributed by atoms with Crippen molar-refractivity contribution in [3.8, 4) is 0 Å². The summed E-state index contributed by atoms with van der Waals surface area (Å²) in [5.74, 6) is -1.45. The number of aliphatic hydroxyl groups is 1. The second-order valence-electron chi connectivity index (χ2n) is 3.58. The number of hydrogen-bond donors (Lipinski definition) is 2. The highest BCUT2D eigenvalue weighted by Crippen LogP contribution is 1.97. The molecule has 18 heavy (non-hydrogen) atoms. The van der Waals surface area contributed by atoms with E-state index in [1.54, 1.807) is 13.8 Å². The van der Waals surface area contributed by atoms with Gasteiger partial charge in [0.1, 0.15) is 12.7 Å². The molecule has 0 heterocycles. The van der Waals surface area contributed by atoms with Gasteiger partial charge in [0, 0.05) is 13.8 Å². The van der Waals surface area contributed by atoms with Crippen LogP contribution in [0.1, 0.15) is 34.1 Å². The first-order valence-electron chi connectivity index (χ1n) is 5.48. The summed E-state index contributed by atoms with van der Waals surface area (Å²) in [5.41, 5.74) is 4.47. The largest absolute Gasteiger partial charge is 0.460 e. The zero-order chi connectivity index (χ0) is 14.7. The van der Waals surface area contributed by atoms with Crippen molar-refractivity contribution in [2.24, 2.45) is 5.73 Å². The third kappa shape index (κ3) is 14.4. The maximum Gasteiger partial charge on any atom is 0.335 e. The molecule has 2 unspecified atom stereocenters. The topological polar surface area (TPSA) is 116 Å². The monoisotopic (exact) mass is 263 g/mol. The van der Waals surface area contributed by atoms with Crippen LogP contribution in [-0.2, 0) is 23.9 Å². The number of esters is 2. The summed E-state index contributed by atoms with van der Waals surface area (Å²) in [6.07, 6.45) is -1.28. The van der Waals surface area contributed by atoms with Gasteiger partial charge in [0.2, 0.25) is 5.91 Å². The molecule has 7 nitrogen and oxygen atoms in total. The highest BCUT2D eigenvalue weighted by atomic mass is 16.6. The normalized spacial score (nSPS) is 12.5. The van der Waals surface area contributed by atoms with Gasteiger partial charge in [0.05, 0.1) is 0 Å². The zero-order valence-electron chi connectivity index (χ0n) is 11.1. The van der Waals surface area contributed by atoms with Gasteiger partial charge in [-0.1, -0.05) is 6.92 Å². The molecule has 0 aromatic rings. The molecule has 0 aliphatic rings. The zero-order valence-corrected chi connectivity index (χ0v) is 11.1. The summed E-state index contributed by atoms with van der Waals surface area (Å²) < 4.78 is 9.41. The average molecular weight is 263 g/mol. The Bertz CT molecular complexity index is 275. The van der Waals surface area contributed by atoms with E-state index in [0.717, 1.165) is 0 Å². The first-order chi connectivity index (χ1) is 8.20. The van der Waals surface area contributed by atoms with Crippen molar-refractivity contribution in [2.75, 3.05) is 6.61 Å². The first kappa shape index (κ1) is 18.7. The summed E-state index contributed by atoms with van der Waals surface area (Å²) in [6, 6.07) is 0. The van der Waals surface area contributed by atoms with Gasteiger partial charge in [-0.2, -0.15) is 0 Å². The third-order valence-corrected chi connectivity index (χ3v) is 1.49. The lowest BCUT2D eigenvalue weighted by Gasteiger charge is -2.13. The Hall–Kier alpha value is -1.63. The van der Waals surface area contributed by atoms with Gasteiger partial charge in [-0.05, 0) is 13.3 Å². The second kappa shape index (κ2) is 10.5. The molecule has 0 saturated carbocycles. The number of aliphatic hydroxyl groups excluding tert-OH is 1. The molecule has 0 fully saturated rings. The van der Waals surface area contributed by atoms with E-state index in [4.69, 9.17) is 14.6 Å². The van der Waals surface area contributed by atoms with Crippen LogP contribution in [0.4, 0.5) is 0 Å². The van der Waals surface area contributed by atoms with E-state index in [9.17, 15) is 14.4 Å². The van der Waals surface area contributed by atoms with Crippen LogP contribution in [0, 0.1) is 0 Å². The number of carbonyl (C=O) groups excluding carboxylic acids is 3. The van der Waals surface area contributed by atoms with Crippen molar-refractivity contribution in [2.45, 2.75) is 46.3 Å². The van der Waals surface area contributed by atoms with E-state index in [2.05, 4.69) is 5.73 Å². The van der Waals surface area contributed by atoms with Crippen LogP contribution >= 0.6 is 0 Å². The minimum absolute atomic E-state index is 0.0323. The van der Waals surface area contributed by atoms with E-state index >= 15 is 0 Å². The van der Waals surface area contributed by atoms with Gasteiger partial charge < -0.3 is 20.3 Å². The highest BCUT2D eigenvalue weighted by Gasteiger charge is 2.16. The van der Waals surface area contributed by atoms with Crippen molar-refractivity contribution in [1.29, 1.82) is 0 Å². The number of amides is 1. The van der Waals surface area contributed by atoms with Crippen LogP contribution in [0.2, 0.25) is 0 Å². The molecule has 2 atom stereocenters. The summed E-state index contributed by atoms with van der Waals surface area (Å²) in [4.78, 5) is 30.7. The van der Waals surface area contributed by atoms with Crippen molar-refractivity contribution in [3.05, 3.63) is 0 Å². The van der Waals surface area contributed by atoms with Gasteiger partial charge >= 0.3 is 11.9 Å². The van der Waals surface area contributed by atoms with Crippen LogP contribution < -0.4 is 5.73 Å². The molecule has 0 aliphatic heterocycles. The molecule has 3 N–H and O–H groups in total. The first-order valence-corrected chi connectivity index (χ1v) is 5.48. The molecule has 0 saturated heterocycles. The molecule has 1 amide bonds. The maximum absolute atomic E-state index is 11.0. The number of rotatable bonds is 5. The highest BCUT2D eigenvalue weighted by molar-refractivity contribution is 5.74. The lowest BCUT2D eigenvalue weighted by molar-refractivity contribution is -0.162. The average Bonchev–Trinajstić information content (AvgIpc) is 2.23. The molecule has 0 aliphatic carbocycles. The van der Waals surface area contributed by atoms with E-state index in [-0.39, 0.29) is 12.5 Å². The SMILES string of the molecule is CC(N)=O.CCC(O)C(=O)OCC(C)OC(C)=O. The van der Waals surface area contributed by atoms with Gasteiger partial charge in [0.15, 0.2) is 6.10 Å². The van der Waals surface area contributed by atoms with E-state index < -0.39 is 24.1 Å². The fourth-order valence-corrected chi connectivity index (χ4v) is 0.780. The molecular weight excluding hydrogens is 242 g/mol. The predicted molar refractivity (Wildman–Crippen MR) is 63.4 cm³/mol. The molecule has 0 aromatic heterocycles. The summed E-state index contributed by atoms with van der Waals surface area (Å²) in [6.45, 7) is 5.82. The number of carbonyl (C=O) groups is 3. The van der Waals surface area contributed by atoms with Crippen LogP contribution in [0.5, 0.6) is 0 Å². The standard InChI is InChI=1S/C9H16O5.C2H5NO/c1-4-8(11)9(12)13-5-6(2)14-7(3)10;1-2(3)4/h6,8,11H,4-5H2,1-3H3;1H3,(H2,3,4). The van der Waals surface area contributed by atoms with Crippen molar-refractivity contribution in [3.63, 3.8) is 0 Å². The lowest BCUT2D eigenvalue weighted by atomic mass is 10.3. The van der Waals surface area contributed by atoms with Gasteiger partial charge in [-0.3, -0.25) is 9.59 Å². The van der Waals surface area contributed by atoms with Crippen LogP contribution in [0.15, 0.2) is 0 Å². The Morgan fingerprint density at radius 3 is 2.06 bits per heavy atom. The second-order valence-corrected chi connectivity index (χ2v) is 3.58. The van der Waals surface area contributed by atoms with E-state index in [0.29, 0.717) is 6.42 Å². The van der Waals surface area contributed by atoms with E-state index in [1.165, 1.54) is 13.8 Å². The summed E-state index contributed by atoms with van der Waals surface area (Å²) in [5, 5.41) is 9.04. The fourth-order valence-electron chi connectivity index (χ4n) is 0.780. The Morgan fingerprint density at radius 2 is 1.72 bits per heavy atom. The molecule has 0 spiro atoms. The lowest BCUT2D eigenvalue weighted by Crippen LogP contribution is -2.27. The van der Waals surface area contributed by atoms with Gasteiger partial charge in [0.25, 0.3) is 0 Å². The van der Waals surface area contributed by atoms with Crippen molar-refractivity contribution < 1.29 is 29.0 Å². The molecule has 0 bridgehead atoms.